The van der Waals surface area contributed by atoms with Gasteiger partial charge in [0.1, 0.15) is 11.2 Å². The molecule has 0 aliphatic heterocycles. The monoisotopic (exact) mass is 1540 g/mol. The van der Waals surface area contributed by atoms with E-state index < -0.39 is 0 Å². The molecule has 29 rings (SSSR count). The van der Waals surface area contributed by atoms with Gasteiger partial charge in [-0.25, -0.2) is 0 Å². The minimum absolute atomic E-state index is 0.166. The molecule has 4 aromatic heterocycles. The molecule has 8 fully saturated rings. The Morgan fingerprint density at radius 2 is 0.534 bits per heavy atom. The zero-order valence-corrected chi connectivity index (χ0v) is 66.8. The molecule has 19 aromatic rings. The Morgan fingerprint density at radius 1 is 0.233 bits per heavy atom. The van der Waals surface area contributed by atoms with Gasteiger partial charge in [-0.3, -0.25) is 0 Å². The number of thiophene rings is 3. The maximum atomic E-state index is 6.46. The molecule has 10 aliphatic carbocycles. The van der Waals surface area contributed by atoms with Gasteiger partial charge in [0.2, 0.25) is 0 Å². The summed E-state index contributed by atoms with van der Waals surface area (Å²) >= 11 is 5.65. The highest BCUT2D eigenvalue weighted by atomic mass is 32.1. The van der Waals surface area contributed by atoms with Crippen LogP contribution in [0.1, 0.15) is 86.5 Å². The SMILES string of the molecule is c1ccc2c(c1)-c1c(-c3ccc(N(c4ccc(-c5cccc6c5oc5ccccc56)cc4)c4ccc5c(c4)sc4ccccc45)cc3)cccc1C21C2CC3CC(C2)CC1C3.c1ccc2c(c1)-c1c(-c3ccc(N(c4ccc5c(c4)sc4ccccc45)c4ccc5c(c4)sc4ccccc45)cc3)cccc1C21C2CC3CC(C2)CC1C3. The van der Waals surface area contributed by atoms with Crippen LogP contribution in [0.2, 0.25) is 0 Å². The third-order valence-electron chi connectivity index (χ3n) is 29.7. The lowest BCUT2D eigenvalue weighted by molar-refractivity contribution is -0.0399. The Morgan fingerprint density at radius 3 is 0.957 bits per heavy atom. The van der Waals surface area contributed by atoms with Crippen molar-refractivity contribution >= 4 is 151 Å². The summed E-state index contributed by atoms with van der Waals surface area (Å²) in [5, 5.41) is 10.3. The second-order valence-electron chi connectivity index (χ2n) is 35.3. The quantitative estimate of drug-likeness (QED) is 0.144. The first kappa shape index (κ1) is 66.6. The van der Waals surface area contributed by atoms with Gasteiger partial charge < -0.3 is 14.2 Å². The maximum absolute atomic E-state index is 6.46. The Bertz CT molecular complexity index is 7100. The van der Waals surface area contributed by atoms with Crippen molar-refractivity contribution < 1.29 is 4.42 Å². The summed E-state index contributed by atoms with van der Waals surface area (Å²) in [6.07, 6.45) is 14.2. The van der Waals surface area contributed by atoms with Gasteiger partial charge in [-0.15, -0.1) is 34.0 Å². The highest BCUT2D eigenvalue weighted by Gasteiger charge is 2.63. The average Bonchev–Trinajstić information content (AvgIpc) is 1.50. The smallest absolute Gasteiger partial charge is 0.143 e. The Kier molecular flexibility index (Phi) is 14.6. The summed E-state index contributed by atoms with van der Waals surface area (Å²) < 4.78 is 14.4. The van der Waals surface area contributed by atoms with Crippen molar-refractivity contribution in [1.82, 2.24) is 0 Å². The first-order chi connectivity index (χ1) is 57.4. The number of nitrogens with zero attached hydrogens (tertiary/aromatic N) is 2. The average molecular weight is 1540 g/mol. The Balaban J connectivity index is 0.000000128. The molecule has 10 aliphatic rings. The minimum atomic E-state index is 0.166. The number of anilines is 6. The predicted octanol–water partition coefficient (Wildman–Crippen LogP) is 31.8. The second kappa shape index (κ2) is 25.4. The lowest BCUT2D eigenvalue weighted by Crippen LogP contribution is -2.55. The minimum Gasteiger partial charge on any atom is -0.455 e. The number of rotatable bonds is 9. The van der Waals surface area contributed by atoms with E-state index in [1.165, 1.54) is 186 Å². The fourth-order valence-electron chi connectivity index (χ4n) is 25.7. The van der Waals surface area contributed by atoms with Crippen molar-refractivity contribution in [3.8, 4) is 55.6 Å². The van der Waals surface area contributed by atoms with Crippen LogP contribution >= 0.6 is 34.0 Å². The van der Waals surface area contributed by atoms with Gasteiger partial charge in [0.25, 0.3) is 0 Å². The van der Waals surface area contributed by atoms with E-state index in [9.17, 15) is 0 Å². The standard InChI is InChI=1S/C58H43NOS.C52H39NS2/c1-4-15-51-50(11-1)56-44(12-8-16-52(56)58(51)39-30-35-29-36(32-39)33-40(58)31-35)37-19-23-41(24-20-37)59(43-27-28-48-47-10-3-6-18-54(47)61-55(48)34-43)42-25-21-38(22-26-42)45-13-7-14-49-46-9-2-5-17-53(46)60-57(45)49;1-4-12-45-44(10-1)51-39(11-7-13-46(51)52(45)34-25-31-24-32(27-34)28-35(52)26-31)33-16-18-36(19-17-33)53(37-20-22-42-40-8-2-5-14-47(40)54-49(42)29-37)38-21-23-43-41-9-3-6-15-48(41)55-50(43)30-38/h1-28,34-36,39-40H,29-33H2;1-23,29-32,34-35H,24-28H2. The van der Waals surface area contributed by atoms with Crippen LogP contribution in [-0.2, 0) is 10.8 Å². The van der Waals surface area contributed by atoms with Gasteiger partial charge in [0.05, 0.1) is 0 Å². The normalized spacial score (nSPS) is 22.7. The van der Waals surface area contributed by atoms with Crippen LogP contribution in [0.3, 0.4) is 0 Å². The van der Waals surface area contributed by atoms with Gasteiger partial charge >= 0.3 is 0 Å². The summed E-state index contributed by atoms with van der Waals surface area (Å²) in [5.74, 6) is 6.82. The van der Waals surface area contributed by atoms with Crippen molar-refractivity contribution in [3.05, 3.63) is 350 Å². The Labute approximate surface area is 687 Å². The first-order valence-corrected chi connectivity index (χ1v) is 44.9. The fourth-order valence-corrected chi connectivity index (χ4v) is 29.1. The van der Waals surface area contributed by atoms with Crippen molar-refractivity contribution in [2.24, 2.45) is 47.3 Å². The molecule has 0 atom stereocenters. The number of benzene rings is 15. The highest BCUT2D eigenvalue weighted by molar-refractivity contribution is 7.26. The lowest BCUT2D eigenvalue weighted by Gasteiger charge is -2.61. The number of para-hydroxylation sites is 2. The van der Waals surface area contributed by atoms with Crippen LogP contribution in [0.4, 0.5) is 34.1 Å². The number of fused-ring (bicyclic) bond motifs is 18. The van der Waals surface area contributed by atoms with Crippen LogP contribution in [0, 0.1) is 47.3 Å². The zero-order chi connectivity index (χ0) is 75.6. The molecule has 0 radical (unpaired) electrons. The van der Waals surface area contributed by atoms with E-state index in [4.69, 9.17) is 4.42 Å². The molecule has 0 saturated heterocycles. The van der Waals surface area contributed by atoms with Crippen LogP contribution in [0.15, 0.2) is 332 Å². The summed E-state index contributed by atoms with van der Waals surface area (Å²) in [7, 11) is 0. The topological polar surface area (TPSA) is 19.6 Å². The van der Waals surface area contributed by atoms with Crippen LogP contribution < -0.4 is 9.80 Å². The molecule has 15 aromatic carbocycles. The molecule has 3 nitrogen and oxygen atoms in total. The molecular formula is C110H82N2OS3. The first-order valence-electron chi connectivity index (χ1n) is 42.4. The lowest BCUT2D eigenvalue weighted by atomic mass is 9.43. The second-order valence-corrected chi connectivity index (χ2v) is 38.6. The van der Waals surface area contributed by atoms with Crippen molar-refractivity contribution in [2.75, 3.05) is 9.80 Å². The molecule has 556 valence electrons. The third-order valence-corrected chi connectivity index (χ3v) is 33.1. The molecule has 0 amide bonds. The van der Waals surface area contributed by atoms with E-state index in [1.807, 2.05) is 40.1 Å². The third kappa shape index (κ3) is 9.69. The van der Waals surface area contributed by atoms with Gasteiger partial charge in [0, 0.05) is 122 Å². The van der Waals surface area contributed by atoms with Crippen molar-refractivity contribution in [3.63, 3.8) is 0 Å². The summed E-state index contributed by atoms with van der Waals surface area (Å²) in [4.78, 5) is 4.89. The molecule has 8 bridgehead atoms. The fraction of sp³-hybridized carbons (Fsp3) is 0.182. The molecule has 4 heterocycles. The summed E-state index contributed by atoms with van der Waals surface area (Å²) in [6.45, 7) is 0. The summed E-state index contributed by atoms with van der Waals surface area (Å²) in [6, 6.07) is 124. The highest BCUT2D eigenvalue weighted by Crippen LogP contribution is 2.72. The maximum Gasteiger partial charge on any atom is 0.143 e. The van der Waals surface area contributed by atoms with Crippen molar-refractivity contribution in [1.29, 1.82) is 0 Å². The molecule has 2 spiro atoms. The molecule has 8 saturated carbocycles. The van der Waals surface area contributed by atoms with Crippen LogP contribution in [-0.4, -0.2) is 0 Å². The van der Waals surface area contributed by atoms with E-state index >= 15 is 0 Å². The van der Waals surface area contributed by atoms with E-state index in [2.05, 4.69) is 331 Å². The molecular weight excluding hydrogens is 1460 g/mol. The zero-order valence-electron chi connectivity index (χ0n) is 64.4. The molecule has 116 heavy (non-hydrogen) atoms. The largest absolute Gasteiger partial charge is 0.455 e. The van der Waals surface area contributed by atoms with E-state index in [1.54, 1.807) is 22.3 Å². The van der Waals surface area contributed by atoms with Crippen molar-refractivity contribution in [2.45, 2.75) is 75.0 Å². The van der Waals surface area contributed by atoms with Gasteiger partial charge in [-0.2, -0.15) is 0 Å². The predicted molar refractivity (Wildman–Crippen MR) is 491 cm³/mol. The molecule has 0 unspecified atom stereocenters. The van der Waals surface area contributed by atoms with E-state index in [0.717, 1.165) is 97.5 Å². The number of furan rings is 1. The van der Waals surface area contributed by atoms with Gasteiger partial charge in [-0.05, 0) is 281 Å². The molecule has 6 heteroatoms. The number of hydrogen-bond acceptors (Lipinski definition) is 6. The van der Waals surface area contributed by atoms with Gasteiger partial charge in [0.15, 0.2) is 0 Å². The Hall–Kier alpha value is -11.6. The number of hydrogen-bond donors (Lipinski definition) is 0. The molecule has 0 N–H and O–H groups in total. The van der Waals surface area contributed by atoms with E-state index in [0.29, 0.717) is 0 Å². The summed E-state index contributed by atoms with van der Waals surface area (Å²) in [5.41, 5.74) is 29.2. The van der Waals surface area contributed by atoms with Crippen LogP contribution in [0.25, 0.3) is 138 Å². The van der Waals surface area contributed by atoms with Crippen LogP contribution in [0.5, 0.6) is 0 Å². The van der Waals surface area contributed by atoms with Gasteiger partial charge in [-0.1, -0.05) is 231 Å². The van der Waals surface area contributed by atoms with E-state index in [-0.39, 0.29) is 10.8 Å².